The van der Waals surface area contributed by atoms with Gasteiger partial charge in [0.15, 0.2) is 5.96 Å². The van der Waals surface area contributed by atoms with Gasteiger partial charge in [-0.1, -0.05) is 0 Å². The third-order valence-electron chi connectivity index (χ3n) is 5.07. The molecule has 1 aliphatic rings. The summed E-state index contributed by atoms with van der Waals surface area (Å²) in [5, 5.41) is 7.77. The van der Waals surface area contributed by atoms with Crippen molar-refractivity contribution in [2.24, 2.45) is 12.0 Å². The van der Waals surface area contributed by atoms with Gasteiger partial charge in [-0.3, -0.25) is 9.67 Å². The average Bonchev–Trinajstić information content (AvgIpc) is 3.11. The molecule has 1 aromatic rings. The van der Waals surface area contributed by atoms with Crippen LogP contribution in [0.5, 0.6) is 0 Å². The van der Waals surface area contributed by atoms with Crippen LogP contribution < -0.4 is 5.32 Å². The monoisotopic (exact) mass is 394 g/mol. The molecule has 0 aliphatic carbocycles. The van der Waals surface area contributed by atoms with Gasteiger partial charge in [0.25, 0.3) is 0 Å². The molecule has 0 aromatic carbocycles. The van der Waals surface area contributed by atoms with Gasteiger partial charge in [-0.25, -0.2) is 0 Å². The number of aromatic nitrogens is 2. The number of aryl methyl sites for hydroxylation is 1. The first kappa shape index (κ1) is 22.6. The van der Waals surface area contributed by atoms with Gasteiger partial charge in [-0.2, -0.15) is 5.10 Å². The Hall–Kier alpha value is -1.64. The van der Waals surface area contributed by atoms with Crippen LogP contribution in [0.15, 0.2) is 17.4 Å². The normalized spacial score (nSPS) is 17.4. The van der Waals surface area contributed by atoms with E-state index in [2.05, 4.69) is 47.4 Å². The molecule has 0 spiro atoms. The zero-order valence-electron chi connectivity index (χ0n) is 18.2. The molecule has 1 aliphatic heterocycles. The summed E-state index contributed by atoms with van der Waals surface area (Å²) in [4.78, 5) is 9.51. The van der Waals surface area contributed by atoms with Crippen LogP contribution in [0.25, 0.3) is 0 Å². The zero-order chi connectivity index (χ0) is 20.4. The molecule has 1 aromatic heterocycles. The van der Waals surface area contributed by atoms with E-state index in [1.54, 1.807) is 7.11 Å². The standard InChI is InChI=1S/C20H38N6O2/c1-6-21-20(22-15-19(24(2)3)17-14-23-25(4)16-17)26-10-8-18(9-11-26)28-13-7-12-27-5/h14,16,18-19H,6-13,15H2,1-5H3,(H,21,22). The third-order valence-corrected chi connectivity index (χ3v) is 5.07. The van der Waals surface area contributed by atoms with Crippen LogP contribution >= 0.6 is 0 Å². The average molecular weight is 395 g/mol. The Morgan fingerprint density at radius 2 is 2.11 bits per heavy atom. The van der Waals surface area contributed by atoms with Gasteiger partial charge in [0.1, 0.15) is 0 Å². The first-order chi connectivity index (χ1) is 13.5. The molecule has 0 amide bonds. The van der Waals surface area contributed by atoms with Gasteiger partial charge in [-0.05, 0) is 40.3 Å². The summed E-state index contributed by atoms with van der Waals surface area (Å²) in [6.45, 7) is 7.18. The van der Waals surface area contributed by atoms with E-state index < -0.39 is 0 Å². The molecule has 1 unspecified atom stereocenters. The number of nitrogens with zero attached hydrogens (tertiary/aromatic N) is 5. The minimum atomic E-state index is 0.212. The fourth-order valence-corrected chi connectivity index (χ4v) is 3.47. The summed E-state index contributed by atoms with van der Waals surface area (Å²) in [6.07, 6.45) is 7.38. The quantitative estimate of drug-likeness (QED) is 0.369. The molecule has 28 heavy (non-hydrogen) atoms. The van der Waals surface area contributed by atoms with Crippen LogP contribution in [0.2, 0.25) is 0 Å². The topological polar surface area (TPSA) is 67.2 Å². The number of likely N-dealkylation sites (tertiary alicyclic amines) is 1. The molecule has 1 atom stereocenters. The number of ether oxygens (including phenoxy) is 2. The summed E-state index contributed by atoms with van der Waals surface area (Å²) in [6, 6.07) is 0.212. The molecule has 8 heteroatoms. The van der Waals surface area contributed by atoms with E-state index in [0.717, 1.165) is 58.1 Å². The van der Waals surface area contributed by atoms with Gasteiger partial charge in [0, 0.05) is 58.8 Å². The number of hydrogen-bond donors (Lipinski definition) is 1. The maximum atomic E-state index is 5.98. The van der Waals surface area contributed by atoms with Crippen molar-refractivity contribution in [3.63, 3.8) is 0 Å². The van der Waals surface area contributed by atoms with Crippen LogP contribution in [-0.4, -0.2) is 92.2 Å². The Bertz CT molecular complexity index is 581. The summed E-state index contributed by atoms with van der Waals surface area (Å²) < 4.78 is 12.9. The molecular formula is C20H38N6O2. The molecule has 1 N–H and O–H groups in total. The van der Waals surface area contributed by atoms with E-state index in [-0.39, 0.29) is 6.04 Å². The molecular weight excluding hydrogens is 356 g/mol. The molecule has 1 saturated heterocycles. The molecule has 2 rings (SSSR count). The number of aliphatic imine (C=N–C) groups is 1. The van der Waals surface area contributed by atoms with Crippen molar-refractivity contribution in [1.29, 1.82) is 0 Å². The third kappa shape index (κ3) is 7.07. The van der Waals surface area contributed by atoms with E-state index in [1.165, 1.54) is 5.56 Å². The van der Waals surface area contributed by atoms with Crippen molar-refractivity contribution >= 4 is 5.96 Å². The molecule has 1 fully saturated rings. The molecule has 0 bridgehead atoms. The molecule has 160 valence electrons. The number of methoxy groups -OCH3 is 1. The lowest BCUT2D eigenvalue weighted by molar-refractivity contribution is 0.00989. The summed E-state index contributed by atoms with van der Waals surface area (Å²) in [7, 11) is 7.86. The maximum absolute atomic E-state index is 5.98. The van der Waals surface area contributed by atoms with Gasteiger partial charge in [-0.15, -0.1) is 0 Å². The van der Waals surface area contributed by atoms with Gasteiger partial charge in [0.05, 0.1) is 24.9 Å². The Balaban J connectivity index is 1.91. The highest BCUT2D eigenvalue weighted by Gasteiger charge is 2.23. The van der Waals surface area contributed by atoms with E-state index in [0.29, 0.717) is 12.6 Å². The second-order valence-corrected chi connectivity index (χ2v) is 7.52. The smallest absolute Gasteiger partial charge is 0.193 e. The summed E-state index contributed by atoms with van der Waals surface area (Å²) in [5.74, 6) is 0.996. The predicted octanol–water partition coefficient (Wildman–Crippen LogP) is 1.51. The first-order valence-corrected chi connectivity index (χ1v) is 10.3. The van der Waals surface area contributed by atoms with Crippen molar-refractivity contribution in [3.05, 3.63) is 18.0 Å². The number of rotatable bonds is 10. The highest BCUT2D eigenvalue weighted by molar-refractivity contribution is 5.80. The van der Waals surface area contributed by atoms with Crippen molar-refractivity contribution in [1.82, 2.24) is 24.9 Å². The lowest BCUT2D eigenvalue weighted by Crippen LogP contribution is -2.47. The number of hydrogen-bond acceptors (Lipinski definition) is 5. The molecule has 0 radical (unpaired) electrons. The van der Waals surface area contributed by atoms with E-state index in [4.69, 9.17) is 14.5 Å². The van der Waals surface area contributed by atoms with E-state index >= 15 is 0 Å². The molecule has 2 heterocycles. The van der Waals surface area contributed by atoms with Crippen LogP contribution in [0.3, 0.4) is 0 Å². The zero-order valence-corrected chi connectivity index (χ0v) is 18.2. The molecule has 8 nitrogen and oxygen atoms in total. The lowest BCUT2D eigenvalue weighted by atomic mass is 10.1. The summed E-state index contributed by atoms with van der Waals surface area (Å²) >= 11 is 0. The van der Waals surface area contributed by atoms with Crippen molar-refractivity contribution in [2.45, 2.75) is 38.3 Å². The lowest BCUT2D eigenvalue weighted by Gasteiger charge is -2.34. The van der Waals surface area contributed by atoms with Crippen LogP contribution in [0.4, 0.5) is 0 Å². The largest absolute Gasteiger partial charge is 0.385 e. The number of nitrogens with one attached hydrogen (secondary N) is 1. The Morgan fingerprint density at radius 1 is 1.36 bits per heavy atom. The highest BCUT2D eigenvalue weighted by Crippen LogP contribution is 2.19. The van der Waals surface area contributed by atoms with Gasteiger partial charge < -0.3 is 24.6 Å². The van der Waals surface area contributed by atoms with E-state index in [9.17, 15) is 0 Å². The van der Waals surface area contributed by atoms with Crippen molar-refractivity contribution < 1.29 is 9.47 Å². The molecule has 0 saturated carbocycles. The SMILES string of the molecule is CCNC(=NCC(c1cnn(C)c1)N(C)C)N1CCC(OCCCOC)CC1. The fraction of sp³-hybridized carbons (Fsp3) is 0.800. The first-order valence-electron chi connectivity index (χ1n) is 10.3. The number of likely N-dealkylation sites (N-methyl/N-ethyl adjacent to an activating group) is 1. The fourth-order valence-electron chi connectivity index (χ4n) is 3.47. The van der Waals surface area contributed by atoms with Crippen LogP contribution in [0, 0.1) is 0 Å². The van der Waals surface area contributed by atoms with Crippen LogP contribution in [0.1, 0.15) is 37.8 Å². The van der Waals surface area contributed by atoms with Gasteiger partial charge in [0.2, 0.25) is 0 Å². The Morgan fingerprint density at radius 3 is 2.68 bits per heavy atom. The minimum absolute atomic E-state index is 0.212. The number of piperidine rings is 1. The number of guanidine groups is 1. The minimum Gasteiger partial charge on any atom is -0.385 e. The second kappa shape index (κ2) is 12.0. The second-order valence-electron chi connectivity index (χ2n) is 7.52. The van der Waals surface area contributed by atoms with Crippen molar-refractivity contribution in [3.8, 4) is 0 Å². The van der Waals surface area contributed by atoms with E-state index in [1.807, 2.05) is 17.9 Å². The highest BCUT2D eigenvalue weighted by atomic mass is 16.5. The Labute approximate surface area is 169 Å². The Kier molecular flexibility index (Phi) is 9.73. The van der Waals surface area contributed by atoms with Gasteiger partial charge >= 0.3 is 0 Å². The van der Waals surface area contributed by atoms with Crippen molar-refractivity contribution in [2.75, 3.05) is 60.6 Å². The predicted molar refractivity (Wildman–Crippen MR) is 113 cm³/mol. The summed E-state index contributed by atoms with van der Waals surface area (Å²) in [5.41, 5.74) is 1.19. The van der Waals surface area contributed by atoms with Crippen LogP contribution in [-0.2, 0) is 16.5 Å². The maximum Gasteiger partial charge on any atom is 0.193 e.